The van der Waals surface area contributed by atoms with Gasteiger partial charge in [0.15, 0.2) is 6.29 Å². The Hall–Kier alpha value is -3.38. The molecule has 3 aromatic rings. The smallest absolute Gasteiger partial charge is 0.126 e. The number of benzene rings is 2. The van der Waals surface area contributed by atoms with Crippen molar-refractivity contribution < 1.29 is 58.8 Å². The van der Waals surface area contributed by atoms with Crippen molar-refractivity contribution in [3.63, 3.8) is 0 Å². The molecule has 85 heavy (non-hydrogen) atoms. The molecule has 18 atom stereocenters. The number of carbonyl (C=O) groups is 2. The first-order chi connectivity index (χ1) is 40.1. The summed E-state index contributed by atoms with van der Waals surface area (Å²) in [6, 6.07) is 21.3. The van der Waals surface area contributed by atoms with Crippen LogP contribution in [0.3, 0.4) is 0 Å². The van der Waals surface area contributed by atoms with Crippen LogP contribution >= 0.6 is 7.26 Å². The molecule has 1 unspecified atom stereocenters. The number of likely N-dealkylation sites (N-methyl/N-ethyl adjacent to an activating group) is 1. The third-order valence-corrected chi connectivity index (χ3v) is 24.9. The molecule has 2 aromatic carbocycles. The molecule has 16 nitrogen and oxygen atoms in total. The topological polar surface area (TPSA) is 206 Å². The minimum Gasteiger partial charge on any atom is -0.388 e. The van der Waals surface area contributed by atoms with E-state index in [4.69, 9.17) is 28.8 Å². The van der Waals surface area contributed by atoms with Crippen LogP contribution in [0.2, 0.25) is 0 Å². The van der Waals surface area contributed by atoms with Crippen molar-refractivity contribution in [3.05, 3.63) is 73.1 Å². The van der Waals surface area contributed by atoms with Crippen molar-refractivity contribution in [2.45, 2.75) is 269 Å². The SMILES string of the molecule is CC[C@H]1OC(=O)[C@H](C)[C@@H](C2C[C@@](C)(OC)[C@@H](O)[C@H](C)O2)[C@H](C)[C@@H](O[C@@H]2O[C@H](C)C[C@H](N(C)C)[C@H]2O)[C@](C)(O)C[C@@H](C)CN(C(=O)CCCCCCCCCCCC[PH](c2ccccc2)(c2ccccc2)c2cnn(C(C)C)c2)[C@H](C)[C@@H](O)[C@]1(C)O. The van der Waals surface area contributed by atoms with Crippen LogP contribution < -0.4 is 15.9 Å². The molecule has 482 valence electrons. The average Bonchev–Trinajstić information content (AvgIpc) is 2.58. The summed E-state index contributed by atoms with van der Waals surface area (Å²) in [5.74, 6) is -3.63. The third kappa shape index (κ3) is 17.1. The predicted molar refractivity (Wildman–Crippen MR) is 340 cm³/mol. The molecule has 3 fully saturated rings. The summed E-state index contributed by atoms with van der Waals surface area (Å²) < 4.78 is 34.3. The Balaban J connectivity index is 1.13. The molecule has 0 radical (unpaired) electrons. The molecule has 0 bridgehead atoms. The third-order valence-electron chi connectivity index (χ3n) is 19.9. The molecule has 3 aliphatic rings. The van der Waals surface area contributed by atoms with E-state index in [1.807, 2.05) is 46.7 Å². The molecular formula is C68H113N4O12P. The van der Waals surface area contributed by atoms with Gasteiger partial charge in [-0.1, -0.05) is 27.7 Å². The molecular weight excluding hydrogens is 1100 g/mol. The Morgan fingerprint density at radius 3 is 1.89 bits per heavy atom. The number of unbranched alkanes of at least 4 members (excludes halogenated alkanes) is 9. The Morgan fingerprint density at radius 2 is 1.36 bits per heavy atom. The number of hydrogen-bond donors (Lipinski definition) is 5. The van der Waals surface area contributed by atoms with Crippen molar-refractivity contribution in [1.82, 2.24) is 19.6 Å². The van der Waals surface area contributed by atoms with Gasteiger partial charge < -0.3 is 59.0 Å². The van der Waals surface area contributed by atoms with Crippen LogP contribution in [0.5, 0.6) is 0 Å². The maximum atomic E-state index is 14.8. The Morgan fingerprint density at radius 1 is 0.800 bits per heavy atom. The van der Waals surface area contributed by atoms with Crippen molar-refractivity contribution in [1.29, 1.82) is 0 Å². The minimum atomic E-state index is -2.34. The van der Waals surface area contributed by atoms with Crippen molar-refractivity contribution in [2.75, 3.05) is 33.9 Å². The summed E-state index contributed by atoms with van der Waals surface area (Å²) in [7, 11) is 2.99. The van der Waals surface area contributed by atoms with E-state index in [9.17, 15) is 35.1 Å². The number of cyclic esters (lactones) is 1. The quantitative estimate of drug-likeness (QED) is 0.0342. The van der Waals surface area contributed by atoms with Gasteiger partial charge in [-0.15, -0.1) is 0 Å². The van der Waals surface area contributed by atoms with Gasteiger partial charge in [0.25, 0.3) is 0 Å². The zero-order chi connectivity index (χ0) is 62.6. The summed E-state index contributed by atoms with van der Waals surface area (Å²) in [6.45, 7) is 22.2. The fraction of sp³-hybridized carbons (Fsp3) is 0.750. The Kier molecular flexibility index (Phi) is 26.1. The molecule has 0 saturated carbocycles. The van der Waals surface area contributed by atoms with E-state index >= 15 is 0 Å². The maximum Gasteiger partial charge on any atom is 0.126 e. The number of rotatable bonds is 23. The molecule has 0 aliphatic carbocycles. The van der Waals surface area contributed by atoms with Gasteiger partial charge in [-0.3, -0.25) is 9.59 Å². The Bertz CT molecular complexity index is 2440. The van der Waals surface area contributed by atoms with Gasteiger partial charge in [0, 0.05) is 32.0 Å². The molecule has 4 heterocycles. The first-order valence-electron chi connectivity index (χ1n) is 32.5. The zero-order valence-electron chi connectivity index (χ0n) is 54.6. The van der Waals surface area contributed by atoms with E-state index < -0.39 is 103 Å². The number of aromatic nitrogens is 2. The largest absolute Gasteiger partial charge is 0.388 e. The van der Waals surface area contributed by atoms with Crippen molar-refractivity contribution >= 4 is 35.1 Å². The monoisotopic (exact) mass is 1210 g/mol. The van der Waals surface area contributed by atoms with Crippen LogP contribution in [0.4, 0.5) is 0 Å². The number of ether oxygens (including phenoxy) is 5. The average molecular weight is 1210 g/mol. The molecule has 0 spiro atoms. The standard InChI is InChI=1S/C68H113N4O12P/c1-16-57-68(12,79)61(75)50(8)71(58(73)37-31-23-21-19-17-18-20-22-24-32-38-85(52-33-27-25-28-34-52,53-35-29-26-30-36-53)54-42-69-72(44-54)45(2)3)43-46(4)40-66(10,78)63(84-65-60(74)55(70(13)14)39-47(5)81-65)48(6)59(49(7)64(77)83-57)56-41-67(11,80-15)62(76)51(9)82-56/h25-30,33-36,42,44-51,55-57,59-63,65,74-76,78-79,85H,16-24,31-32,37-41,43H2,1-15H3/t46-,47-,48+,49-,50-,51+,55+,56?,57-,59+,60-,61-,62+,63-,65+,66-,67-,68-/m1/s1. The molecule has 17 heteroatoms. The summed E-state index contributed by atoms with van der Waals surface area (Å²) in [6.07, 6.45) is 8.62. The second-order valence-corrected chi connectivity index (χ2v) is 31.4. The number of amides is 1. The van der Waals surface area contributed by atoms with E-state index in [2.05, 4.69) is 91.6 Å². The minimum absolute atomic E-state index is 0.106. The van der Waals surface area contributed by atoms with Gasteiger partial charge in [0.2, 0.25) is 5.91 Å². The molecule has 1 amide bonds. The van der Waals surface area contributed by atoms with Gasteiger partial charge in [0.1, 0.15) is 30.0 Å². The number of aliphatic hydroxyl groups excluding tert-OH is 3. The number of nitrogens with zero attached hydrogens (tertiary/aromatic N) is 4. The molecule has 3 saturated heterocycles. The van der Waals surface area contributed by atoms with E-state index in [0.717, 1.165) is 44.7 Å². The second kappa shape index (κ2) is 31.4. The fourth-order valence-corrected chi connectivity index (χ4v) is 19.6. The first kappa shape index (κ1) is 70.7. The van der Waals surface area contributed by atoms with Gasteiger partial charge >= 0.3 is 209 Å². The number of aliphatic hydroxyl groups is 5. The van der Waals surface area contributed by atoms with Gasteiger partial charge in [-0.25, -0.2) is 0 Å². The predicted octanol–water partition coefficient (Wildman–Crippen LogP) is 8.87. The van der Waals surface area contributed by atoms with Crippen LogP contribution in [-0.2, 0) is 33.3 Å². The van der Waals surface area contributed by atoms with E-state index in [1.54, 1.807) is 39.5 Å². The van der Waals surface area contributed by atoms with E-state index in [-0.39, 0.29) is 56.2 Å². The molecule has 3 aliphatic heterocycles. The summed E-state index contributed by atoms with van der Waals surface area (Å²) in [5, 5.41) is 70.0. The molecule has 1 aromatic heterocycles. The van der Waals surface area contributed by atoms with Crippen molar-refractivity contribution in [3.8, 4) is 0 Å². The molecule has 6 rings (SSSR count). The zero-order valence-corrected chi connectivity index (χ0v) is 55.6. The second-order valence-electron chi connectivity index (χ2n) is 27.3. The maximum absolute atomic E-state index is 14.8. The fourth-order valence-electron chi connectivity index (χ4n) is 14.8. The van der Waals surface area contributed by atoms with Gasteiger partial charge in [-0.05, 0) is 86.7 Å². The van der Waals surface area contributed by atoms with Crippen LogP contribution in [0.15, 0.2) is 73.1 Å². The van der Waals surface area contributed by atoms with Crippen LogP contribution in [0.1, 0.15) is 185 Å². The van der Waals surface area contributed by atoms with Crippen LogP contribution in [0, 0.1) is 23.7 Å². The van der Waals surface area contributed by atoms with E-state index in [0.29, 0.717) is 18.9 Å². The van der Waals surface area contributed by atoms with Crippen molar-refractivity contribution in [2.24, 2.45) is 23.7 Å². The Labute approximate surface area is 511 Å². The number of esters is 1. The van der Waals surface area contributed by atoms with Gasteiger partial charge in [0.05, 0.1) is 47.6 Å². The van der Waals surface area contributed by atoms with Crippen LogP contribution in [-0.4, -0.2) is 175 Å². The van der Waals surface area contributed by atoms with Gasteiger partial charge in [-0.2, -0.15) is 0 Å². The van der Waals surface area contributed by atoms with E-state index in [1.165, 1.54) is 49.2 Å². The van der Waals surface area contributed by atoms with Crippen LogP contribution in [0.25, 0.3) is 0 Å². The summed E-state index contributed by atoms with van der Waals surface area (Å²) in [4.78, 5) is 33.1. The molecule has 5 N–H and O–H groups in total. The summed E-state index contributed by atoms with van der Waals surface area (Å²) in [5.41, 5.74) is -4.72. The number of carbonyl (C=O) groups excluding carboxylic acids is 2. The number of methoxy groups -OCH3 is 1. The summed E-state index contributed by atoms with van der Waals surface area (Å²) >= 11 is 0. The normalized spacial score (nSPS) is 35.1. The first-order valence-corrected chi connectivity index (χ1v) is 34.7. The number of hydrogen-bond acceptors (Lipinski definition) is 14.